The Morgan fingerprint density at radius 1 is 1.54 bits per heavy atom. The lowest BCUT2D eigenvalue weighted by Gasteiger charge is -2.08. The van der Waals surface area contributed by atoms with E-state index < -0.39 is 12.0 Å². The van der Waals surface area contributed by atoms with Crippen LogP contribution in [0.25, 0.3) is 0 Å². The first-order valence-electron chi connectivity index (χ1n) is 3.49. The molecular formula is C8H8BrNO3. The summed E-state index contributed by atoms with van der Waals surface area (Å²) in [7, 11) is 0. The van der Waals surface area contributed by atoms with Crippen LogP contribution in [0.1, 0.15) is 11.6 Å². The van der Waals surface area contributed by atoms with Crippen molar-refractivity contribution in [1.82, 2.24) is 0 Å². The molecule has 4 nitrogen and oxygen atoms in total. The number of aromatic hydroxyl groups is 1. The summed E-state index contributed by atoms with van der Waals surface area (Å²) >= 11 is 3.15. The first-order valence-corrected chi connectivity index (χ1v) is 4.28. The van der Waals surface area contributed by atoms with Crippen LogP contribution in [0.15, 0.2) is 22.7 Å². The van der Waals surface area contributed by atoms with Crippen molar-refractivity contribution in [2.45, 2.75) is 6.04 Å². The highest BCUT2D eigenvalue weighted by Crippen LogP contribution is 2.26. The van der Waals surface area contributed by atoms with E-state index in [1.165, 1.54) is 12.1 Å². The average molecular weight is 246 g/mol. The number of carboxylic acids is 1. The average Bonchev–Trinajstić information content (AvgIpc) is 2.08. The van der Waals surface area contributed by atoms with E-state index in [1.807, 2.05) is 0 Å². The number of phenols is 1. The van der Waals surface area contributed by atoms with Gasteiger partial charge < -0.3 is 15.9 Å². The number of benzene rings is 1. The van der Waals surface area contributed by atoms with Crippen molar-refractivity contribution in [2.24, 2.45) is 5.73 Å². The summed E-state index contributed by atoms with van der Waals surface area (Å²) in [6.45, 7) is 0. The Kier molecular flexibility index (Phi) is 2.90. The van der Waals surface area contributed by atoms with Crippen LogP contribution in [0.3, 0.4) is 0 Å². The molecule has 0 amide bonds. The second kappa shape index (κ2) is 3.76. The van der Waals surface area contributed by atoms with Gasteiger partial charge in [-0.3, -0.25) is 4.79 Å². The van der Waals surface area contributed by atoms with Gasteiger partial charge in [0.25, 0.3) is 0 Å². The summed E-state index contributed by atoms with van der Waals surface area (Å²) in [6, 6.07) is 3.28. The number of rotatable bonds is 2. The van der Waals surface area contributed by atoms with Gasteiger partial charge in [-0.2, -0.15) is 0 Å². The molecule has 0 aliphatic rings. The van der Waals surface area contributed by atoms with Crippen molar-refractivity contribution in [3.8, 4) is 5.75 Å². The molecule has 0 aliphatic carbocycles. The Morgan fingerprint density at radius 2 is 2.15 bits per heavy atom. The van der Waals surface area contributed by atoms with Crippen LogP contribution in [0.4, 0.5) is 0 Å². The van der Waals surface area contributed by atoms with Crippen LogP contribution < -0.4 is 5.73 Å². The molecule has 1 aromatic rings. The van der Waals surface area contributed by atoms with Crippen LogP contribution in [0.2, 0.25) is 0 Å². The molecule has 0 aliphatic heterocycles. The van der Waals surface area contributed by atoms with Gasteiger partial charge in [-0.05, 0) is 18.2 Å². The molecule has 70 valence electrons. The third-order valence-electron chi connectivity index (χ3n) is 1.59. The molecule has 0 aromatic heterocycles. The summed E-state index contributed by atoms with van der Waals surface area (Å²) in [5.74, 6) is -1.29. The Morgan fingerprint density at radius 3 is 2.69 bits per heavy atom. The molecule has 0 heterocycles. The number of carbonyl (C=O) groups is 1. The highest BCUT2D eigenvalue weighted by atomic mass is 79.9. The molecule has 0 unspecified atom stereocenters. The zero-order valence-corrected chi connectivity index (χ0v) is 8.15. The van der Waals surface area contributed by atoms with E-state index in [2.05, 4.69) is 15.9 Å². The molecule has 0 radical (unpaired) electrons. The minimum absolute atomic E-state index is 0.113. The predicted octanol–water partition coefficient (Wildman–Crippen LogP) is 1.24. The molecule has 1 atom stereocenters. The highest BCUT2D eigenvalue weighted by Gasteiger charge is 2.17. The van der Waals surface area contributed by atoms with Gasteiger partial charge in [-0.25, -0.2) is 0 Å². The Hall–Kier alpha value is -1.07. The second-order valence-corrected chi connectivity index (χ2v) is 3.43. The van der Waals surface area contributed by atoms with Gasteiger partial charge in [-0.1, -0.05) is 15.9 Å². The Bertz CT molecular complexity index is 340. The second-order valence-electron chi connectivity index (χ2n) is 2.52. The van der Waals surface area contributed by atoms with E-state index in [1.54, 1.807) is 6.07 Å². The van der Waals surface area contributed by atoms with Gasteiger partial charge in [0.1, 0.15) is 11.8 Å². The van der Waals surface area contributed by atoms with Gasteiger partial charge in [0, 0.05) is 10.0 Å². The van der Waals surface area contributed by atoms with E-state index in [4.69, 9.17) is 10.8 Å². The number of carboxylic acid groups (broad SMARTS) is 1. The lowest BCUT2D eigenvalue weighted by molar-refractivity contribution is -0.138. The van der Waals surface area contributed by atoms with E-state index in [9.17, 15) is 9.90 Å². The van der Waals surface area contributed by atoms with Crippen LogP contribution in [-0.2, 0) is 4.79 Å². The minimum atomic E-state index is -1.20. The number of aliphatic carboxylic acids is 1. The summed E-state index contributed by atoms with van der Waals surface area (Å²) in [5, 5.41) is 17.9. The quantitative estimate of drug-likeness (QED) is 0.732. The smallest absolute Gasteiger partial charge is 0.325 e. The van der Waals surface area contributed by atoms with Crippen molar-refractivity contribution in [1.29, 1.82) is 0 Å². The Balaban J connectivity index is 3.12. The summed E-state index contributed by atoms with van der Waals surface area (Å²) in [6.07, 6.45) is 0. The molecule has 0 spiro atoms. The molecule has 0 fully saturated rings. The highest BCUT2D eigenvalue weighted by molar-refractivity contribution is 9.10. The zero-order valence-electron chi connectivity index (χ0n) is 6.57. The predicted molar refractivity (Wildman–Crippen MR) is 50.4 cm³/mol. The third kappa shape index (κ3) is 2.19. The van der Waals surface area contributed by atoms with E-state index in [0.29, 0.717) is 4.47 Å². The topological polar surface area (TPSA) is 83.6 Å². The molecule has 0 bridgehead atoms. The Labute approximate surface area is 83.1 Å². The molecule has 5 heteroatoms. The molecule has 1 rings (SSSR count). The van der Waals surface area contributed by atoms with Crippen molar-refractivity contribution in [3.05, 3.63) is 28.2 Å². The van der Waals surface area contributed by atoms with Crippen molar-refractivity contribution in [3.63, 3.8) is 0 Å². The monoisotopic (exact) mass is 245 g/mol. The maximum atomic E-state index is 10.5. The zero-order chi connectivity index (χ0) is 10.0. The molecule has 1 aromatic carbocycles. The summed E-state index contributed by atoms with van der Waals surface area (Å²) in [5.41, 5.74) is 5.52. The molecular weight excluding hydrogens is 238 g/mol. The fourth-order valence-electron chi connectivity index (χ4n) is 0.908. The largest absolute Gasteiger partial charge is 0.508 e. The maximum Gasteiger partial charge on any atom is 0.325 e. The van der Waals surface area contributed by atoms with Crippen molar-refractivity contribution < 1.29 is 15.0 Å². The number of halogens is 1. The van der Waals surface area contributed by atoms with Crippen LogP contribution >= 0.6 is 15.9 Å². The summed E-state index contributed by atoms with van der Waals surface area (Å²) in [4.78, 5) is 10.5. The van der Waals surface area contributed by atoms with Crippen LogP contribution in [0, 0.1) is 0 Å². The van der Waals surface area contributed by atoms with E-state index in [0.717, 1.165) is 0 Å². The fourth-order valence-corrected chi connectivity index (χ4v) is 1.29. The van der Waals surface area contributed by atoms with Gasteiger partial charge in [0.2, 0.25) is 0 Å². The van der Waals surface area contributed by atoms with Crippen molar-refractivity contribution >= 4 is 21.9 Å². The van der Waals surface area contributed by atoms with Gasteiger partial charge in [0.05, 0.1) is 0 Å². The first kappa shape index (κ1) is 10.0. The fraction of sp³-hybridized carbons (Fsp3) is 0.125. The maximum absolute atomic E-state index is 10.5. The molecule has 13 heavy (non-hydrogen) atoms. The normalized spacial score (nSPS) is 12.5. The van der Waals surface area contributed by atoms with Gasteiger partial charge >= 0.3 is 5.97 Å². The first-order chi connectivity index (χ1) is 6.02. The number of nitrogens with two attached hydrogens (primary N) is 1. The number of hydrogen-bond donors (Lipinski definition) is 3. The van der Waals surface area contributed by atoms with Crippen molar-refractivity contribution in [2.75, 3.05) is 0 Å². The lowest BCUT2D eigenvalue weighted by Crippen LogP contribution is -2.20. The van der Waals surface area contributed by atoms with Gasteiger partial charge in [0.15, 0.2) is 0 Å². The molecule has 4 N–H and O–H groups in total. The third-order valence-corrected chi connectivity index (χ3v) is 2.08. The van der Waals surface area contributed by atoms with E-state index in [-0.39, 0.29) is 11.3 Å². The molecule has 0 saturated heterocycles. The number of hydrogen-bond acceptors (Lipinski definition) is 3. The summed E-state index contributed by atoms with van der Waals surface area (Å²) < 4.78 is 0.678. The van der Waals surface area contributed by atoms with Crippen LogP contribution in [0.5, 0.6) is 5.75 Å². The number of phenolic OH excluding ortho intramolecular Hbond substituents is 1. The minimum Gasteiger partial charge on any atom is -0.508 e. The lowest BCUT2D eigenvalue weighted by atomic mass is 10.1. The SMILES string of the molecule is N[C@H](C(=O)O)c1cc(Br)ccc1O. The van der Waals surface area contributed by atoms with E-state index >= 15 is 0 Å². The molecule has 0 saturated carbocycles. The van der Waals surface area contributed by atoms with Crippen LogP contribution in [-0.4, -0.2) is 16.2 Å². The standard InChI is InChI=1S/C8H8BrNO3/c9-4-1-2-6(11)5(3-4)7(10)8(12)13/h1-3,7,11H,10H2,(H,12,13)/t7-/m0/s1. The van der Waals surface area contributed by atoms with Gasteiger partial charge in [-0.15, -0.1) is 0 Å².